The van der Waals surface area contributed by atoms with Gasteiger partial charge in [-0.3, -0.25) is 9.97 Å². The third-order valence-corrected chi connectivity index (χ3v) is 3.12. The zero-order chi connectivity index (χ0) is 12.3. The van der Waals surface area contributed by atoms with Crippen LogP contribution < -0.4 is 4.90 Å². The van der Waals surface area contributed by atoms with Crippen LogP contribution in [-0.2, 0) is 6.54 Å². The minimum Gasteiger partial charge on any atom is -0.368 e. The Bertz CT molecular complexity index is 514. The van der Waals surface area contributed by atoms with Gasteiger partial charge < -0.3 is 4.90 Å². The number of pyridine rings is 2. The Morgan fingerprint density at radius 2 is 2.12 bits per heavy atom. The summed E-state index contributed by atoms with van der Waals surface area (Å²) >= 11 is 3.50. The number of nitrogens with zero attached hydrogens (tertiary/aromatic N) is 3. The summed E-state index contributed by atoms with van der Waals surface area (Å²) in [6.45, 7) is 2.79. The topological polar surface area (TPSA) is 29.0 Å². The lowest BCUT2D eigenvalue weighted by molar-refractivity contribution is 0.873. The molecule has 0 aliphatic heterocycles. The third kappa shape index (κ3) is 3.03. The number of aryl methyl sites for hydroxylation is 1. The molecule has 3 nitrogen and oxygen atoms in total. The molecule has 2 heterocycles. The quantitative estimate of drug-likeness (QED) is 0.870. The van der Waals surface area contributed by atoms with Crippen molar-refractivity contribution in [1.82, 2.24) is 9.97 Å². The van der Waals surface area contributed by atoms with Crippen molar-refractivity contribution in [2.75, 3.05) is 11.9 Å². The van der Waals surface area contributed by atoms with Crippen molar-refractivity contribution < 1.29 is 0 Å². The predicted octanol–water partition coefficient (Wildman–Crippen LogP) is 3.18. The number of hydrogen-bond donors (Lipinski definition) is 0. The highest BCUT2D eigenvalue weighted by atomic mass is 79.9. The Balaban J connectivity index is 2.17. The molecule has 2 rings (SSSR count). The predicted molar refractivity (Wildman–Crippen MR) is 73.0 cm³/mol. The van der Waals surface area contributed by atoms with Crippen LogP contribution in [0.2, 0.25) is 0 Å². The van der Waals surface area contributed by atoms with Gasteiger partial charge in [-0.25, -0.2) is 0 Å². The smallest absolute Gasteiger partial charge is 0.0600 e. The maximum absolute atomic E-state index is 4.50. The van der Waals surface area contributed by atoms with E-state index < -0.39 is 0 Å². The zero-order valence-corrected chi connectivity index (χ0v) is 11.5. The molecule has 2 aromatic rings. The number of halogens is 1. The van der Waals surface area contributed by atoms with Crippen LogP contribution in [0.5, 0.6) is 0 Å². The highest BCUT2D eigenvalue weighted by Crippen LogP contribution is 2.24. The summed E-state index contributed by atoms with van der Waals surface area (Å²) in [5.74, 6) is 0. The van der Waals surface area contributed by atoms with Gasteiger partial charge in [-0.05, 0) is 41.1 Å². The second-order valence-electron chi connectivity index (χ2n) is 3.95. The van der Waals surface area contributed by atoms with Crippen LogP contribution in [0.25, 0.3) is 0 Å². The summed E-state index contributed by atoms with van der Waals surface area (Å²) < 4.78 is 0.996. The molecular formula is C13H14BrN3. The molecule has 17 heavy (non-hydrogen) atoms. The van der Waals surface area contributed by atoms with Gasteiger partial charge in [-0.2, -0.15) is 0 Å². The molecule has 0 aliphatic carbocycles. The second-order valence-corrected chi connectivity index (χ2v) is 4.81. The van der Waals surface area contributed by atoms with E-state index in [1.54, 1.807) is 12.4 Å². The molecule has 0 saturated heterocycles. The molecule has 0 saturated carbocycles. The van der Waals surface area contributed by atoms with Crippen molar-refractivity contribution in [2.45, 2.75) is 13.5 Å². The maximum Gasteiger partial charge on any atom is 0.0600 e. The lowest BCUT2D eigenvalue weighted by atomic mass is 10.3. The summed E-state index contributed by atoms with van der Waals surface area (Å²) in [7, 11) is 2.05. The molecule has 2 aromatic heterocycles. The van der Waals surface area contributed by atoms with Crippen molar-refractivity contribution in [1.29, 1.82) is 0 Å². The summed E-state index contributed by atoms with van der Waals surface area (Å²) in [5, 5.41) is 0. The Morgan fingerprint density at radius 1 is 1.29 bits per heavy atom. The van der Waals surface area contributed by atoms with Gasteiger partial charge >= 0.3 is 0 Å². The van der Waals surface area contributed by atoms with E-state index in [0.29, 0.717) is 0 Å². The van der Waals surface area contributed by atoms with Crippen LogP contribution >= 0.6 is 15.9 Å². The van der Waals surface area contributed by atoms with E-state index >= 15 is 0 Å². The summed E-state index contributed by atoms with van der Waals surface area (Å²) in [6, 6.07) is 8.07. The van der Waals surface area contributed by atoms with Crippen LogP contribution in [-0.4, -0.2) is 17.0 Å². The van der Waals surface area contributed by atoms with Gasteiger partial charge in [-0.1, -0.05) is 6.07 Å². The molecule has 4 heteroatoms. The first-order chi connectivity index (χ1) is 8.16. The normalized spacial score (nSPS) is 10.3. The average molecular weight is 292 g/mol. The van der Waals surface area contributed by atoms with E-state index in [2.05, 4.69) is 30.8 Å². The van der Waals surface area contributed by atoms with Crippen LogP contribution in [0.15, 0.2) is 41.1 Å². The SMILES string of the molecule is Cc1cccc(CN(C)c2ccncc2Br)n1. The van der Waals surface area contributed by atoms with E-state index in [4.69, 9.17) is 0 Å². The molecule has 0 spiro atoms. The van der Waals surface area contributed by atoms with E-state index in [1.807, 2.05) is 38.2 Å². The van der Waals surface area contributed by atoms with Crippen LogP contribution in [0.3, 0.4) is 0 Å². The van der Waals surface area contributed by atoms with Crippen LogP contribution in [0, 0.1) is 6.92 Å². The Hall–Kier alpha value is -1.42. The lowest BCUT2D eigenvalue weighted by Gasteiger charge is -2.20. The Morgan fingerprint density at radius 3 is 2.82 bits per heavy atom. The molecule has 0 atom stereocenters. The van der Waals surface area contributed by atoms with Crippen LogP contribution in [0.1, 0.15) is 11.4 Å². The average Bonchev–Trinajstić information content (AvgIpc) is 2.29. The van der Waals surface area contributed by atoms with E-state index in [0.717, 1.165) is 28.1 Å². The third-order valence-electron chi connectivity index (χ3n) is 2.51. The van der Waals surface area contributed by atoms with Gasteiger partial charge in [0.15, 0.2) is 0 Å². The van der Waals surface area contributed by atoms with Crippen molar-refractivity contribution in [3.63, 3.8) is 0 Å². The summed E-state index contributed by atoms with van der Waals surface area (Å²) in [4.78, 5) is 10.7. The van der Waals surface area contributed by atoms with Crippen molar-refractivity contribution >= 4 is 21.6 Å². The first kappa shape index (κ1) is 12.0. The molecule has 0 bridgehead atoms. The van der Waals surface area contributed by atoms with Crippen molar-refractivity contribution in [2.24, 2.45) is 0 Å². The highest BCUT2D eigenvalue weighted by molar-refractivity contribution is 9.10. The van der Waals surface area contributed by atoms with E-state index in [1.165, 1.54) is 0 Å². The highest BCUT2D eigenvalue weighted by Gasteiger charge is 2.06. The van der Waals surface area contributed by atoms with Gasteiger partial charge in [-0.15, -0.1) is 0 Å². The standard InChI is InChI=1S/C13H14BrN3/c1-10-4-3-5-11(16-10)9-17(2)13-6-7-15-8-12(13)14/h3-8H,9H2,1-2H3. The fraction of sp³-hybridized carbons (Fsp3) is 0.231. The first-order valence-electron chi connectivity index (χ1n) is 5.40. The van der Waals surface area contributed by atoms with Gasteiger partial charge in [0.05, 0.1) is 22.4 Å². The van der Waals surface area contributed by atoms with Gasteiger partial charge in [0.25, 0.3) is 0 Å². The summed E-state index contributed by atoms with van der Waals surface area (Å²) in [6.07, 6.45) is 3.59. The molecule has 0 fully saturated rings. The minimum absolute atomic E-state index is 0.782. The fourth-order valence-electron chi connectivity index (χ4n) is 1.69. The van der Waals surface area contributed by atoms with E-state index in [-0.39, 0.29) is 0 Å². The maximum atomic E-state index is 4.50. The van der Waals surface area contributed by atoms with Gasteiger partial charge in [0.1, 0.15) is 0 Å². The van der Waals surface area contributed by atoms with Crippen molar-refractivity contribution in [3.05, 3.63) is 52.5 Å². The lowest BCUT2D eigenvalue weighted by Crippen LogP contribution is -2.17. The molecule has 0 amide bonds. The zero-order valence-electron chi connectivity index (χ0n) is 9.89. The Labute approximate surface area is 110 Å². The largest absolute Gasteiger partial charge is 0.368 e. The minimum atomic E-state index is 0.782. The molecule has 0 aliphatic rings. The fourth-order valence-corrected chi connectivity index (χ4v) is 2.25. The summed E-state index contributed by atoms with van der Waals surface area (Å²) in [5.41, 5.74) is 3.23. The number of hydrogen-bond acceptors (Lipinski definition) is 3. The second kappa shape index (κ2) is 5.27. The first-order valence-corrected chi connectivity index (χ1v) is 6.19. The molecule has 0 unspecified atom stereocenters. The number of rotatable bonds is 3. The Kier molecular flexibility index (Phi) is 3.74. The monoisotopic (exact) mass is 291 g/mol. The van der Waals surface area contributed by atoms with Crippen molar-refractivity contribution in [3.8, 4) is 0 Å². The molecule has 0 N–H and O–H groups in total. The molecule has 0 aromatic carbocycles. The van der Waals surface area contributed by atoms with Gasteiger partial charge in [0.2, 0.25) is 0 Å². The van der Waals surface area contributed by atoms with E-state index in [9.17, 15) is 0 Å². The van der Waals surface area contributed by atoms with Crippen LogP contribution in [0.4, 0.5) is 5.69 Å². The molecule has 88 valence electrons. The van der Waals surface area contributed by atoms with Gasteiger partial charge in [0, 0.05) is 25.1 Å². The molecule has 0 radical (unpaired) electrons. The number of aromatic nitrogens is 2. The number of anilines is 1. The molecular weight excluding hydrogens is 278 g/mol.